The van der Waals surface area contributed by atoms with Gasteiger partial charge >= 0.3 is 0 Å². The summed E-state index contributed by atoms with van der Waals surface area (Å²) in [6, 6.07) is 7.69. The molecule has 0 spiro atoms. The number of anilines is 1. The van der Waals surface area contributed by atoms with Gasteiger partial charge in [0, 0.05) is 23.9 Å². The number of primary amides is 1. The molecular weight excluding hydrogens is 480 g/mol. The Morgan fingerprint density at radius 1 is 1.08 bits per heavy atom. The standard InChI is InChI=1S/C31H44N2O5/c1-19-11-12-31(20(19)2,21(3)37-38-30-25-14-23-13-24(16-25)27(30)15-23)18-36-17-22-7-9-26(10-8-22)33-29(35)6-4-5-28(32)34/h7-12,19-21,23-25,27,30H,4-6,13-18H2,1-3H3,(H2,32,34)(H,33,35)/t19?,20-,21+,23?,24?,25?,27?,30?,31+/m1/s1. The van der Waals surface area contributed by atoms with Gasteiger partial charge in [-0.05, 0) is 92.2 Å². The van der Waals surface area contributed by atoms with Crippen LogP contribution in [-0.2, 0) is 30.7 Å². The van der Waals surface area contributed by atoms with Gasteiger partial charge in [-0.2, -0.15) is 0 Å². The number of hydrogen-bond acceptors (Lipinski definition) is 5. The average Bonchev–Trinajstić information content (AvgIpc) is 3.43. The number of allylic oxidation sites excluding steroid dienone is 1. The highest BCUT2D eigenvalue weighted by Crippen LogP contribution is 2.59. The van der Waals surface area contributed by atoms with Crippen LogP contribution in [0.2, 0.25) is 0 Å². The van der Waals surface area contributed by atoms with E-state index in [9.17, 15) is 9.59 Å². The maximum Gasteiger partial charge on any atom is 0.224 e. The number of rotatable bonds is 13. The SMILES string of the molecule is CC1C=C[C@@](COCc2ccc(NC(=O)CCCC(N)=O)cc2)([C@H](C)OOC2C3CC4CC(C3)C2C4)[C@@H]1C. The first kappa shape index (κ1) is 27.4. The quantitative estimate of drug-likeness (QED) is 0.205. The largest absolute Gasteiger partial charge is 0.376 e. The van der Waals surface area contributed by atoms with E-state index in [4.69, 9.17) is 20.2 Å². The second kappa shape index (κ2) is 11.5. The van der Waals surface area contributed by atoms with Gasteiger partial charge in [0.1, 0.15) is 6.10 Å². The van der Waals surface area contributed by atoms with E-state index >= 15 is 0 Å². The molecule has 6 unspecified atom stereocenters. The molecule has 9 atom stereocenters. The summed E-state index contributed by atoms with van der Waals surface area (Å²) in [5.41, 5.74) is 6.65. The third-order valence-electron chi connectivity index (χ3n) is 10.1. The molecule has 5 aliphatic rings. The Balaban J connectivity index is 1.12. The predicted molar refractivity (Wildman–Crippen MR) is 146 cm³/mol. The predicted octanol–water partition coefficient (Wildman–Crippen LogP) is 5.40. The van der Waals surface area contributed by atoms with Gasteiger partial charge in [-0.1, -0.05) is 38.1 Å². The molecule has 3 N–H and O–H groups in total. The molecule has 4 saturated carbocycles. The van der Waals surface area contributed by atoms with Crippen molar-refractivity contribution >= 4 is 17.5 Å². The number of nitrogens with two attached hydrogens (primary N) is 1. The lowest BCUT2D eigenvalue weighted by molar-refractivity contribution is -0.379. The highest BCUT2D eigenvalue weighted by atomic mass is 17.2. The van der Waals surface area contributed by atoms with Gasteiger partial charge in [-0.15, -0.1) is 0 Å². The van der Waals surface area contributed by atoms with E-state index in [0.29, 0.717) is 43.3 Å². The lowest BCUT2D eigenvalue weighted by Gasteiger charge is -2.40. The van der Waals surface area contributed by atoms with E-state index in [0.717, 1.165) is 23.1 Å². The first-order valence-corrected chi connectivity index (χ1v) is 14.5. The maximum atomic E-state index is 12.0. The summed E-state index contributed by atoms with van der Waals surface area (Å²) in [7, 11) is 0. The number of benzene rings is 1. The molecule has 1 aromatic rings. The Morgan fingerprint density at radius 3 is 2.53 bits per heavy atom. The van der Waals surface area contributed by atoms with Crippen LogP contribution in [0.25, 0.3) is 0 Å². The van der Waals surface area contributed by atoms with Crippen molar-refractivity contribution < 1.29 is 24.1 Å². The topological polar surface area (TPSA) is 99.9 Å². The average molecular weight is 525 g/mol. The molecule has 208 valence electrons. The molecule has 0 radical (unpaired) electrons. The van der Waals surface area contributed by atoms with Crippen LogP contribution in [0.5, 0.6) is 0 Å². The molecule has 6 rings (SSSR count). The molecule has 7 nitrogen and oxygen atoms in total. The van der Waals surface area contributed by atoms with Gasteiger partial charge in [0.15, 0.2) is 0 Å². The summed E-state index contributed by atoms with van der Waals surface area (Å²) in [6.07, 6.45) is 11.0. The summed E-state index contributed by atoms with van der Waals surface area (Å²) >= 11 is 0. The van der Waals surface area contributed by atoms with Crippen LogP contribution in [0.4, 0.5) is 5.69 Å². The van der Waals surface area contributed by atoms with Crippen LogP contribution in [0.1, 0.15) is 71.3 Å². The van der Waals surface area contributed by atoms with Crippen LogP contribution in [0, 0.1) is 40.9 Å². The molecule has 0 aliphatic heterocycles. The zero-order valence-corrected chi connectivity index (χ0v) is 23.1. The number of nitrogens with one attached hydrogen (secondary N) is 1. The van der Waals surface area contributed by atoms with Gasteiger partial charge in [0.2, 0.25) is 11.8 Å². The fraction of sp³-hybridized carbons (Fsp3) is 0.677. The molecule has 0 saturated heterocycles. The van der Waals surface area contributed by atoms with Crippen molar-refractivity contribution in [3.05, 3.63) is 42.0 Å². The monoisotopic (exact) mass is 524 g/mol. The molecule has 2 amide bonds. The lowest BCUT2D eigenvalue weighted by atomic mass is 9.73. The highest BCUT2D eigenvalue weighted by Gasteiger charge is 2.55. The van der Waals surface area contributed by atoms with Gasteiger partial charge in [-0.25, -0.2) is 9.78 Å². The van der Waals surface area contributed by atoms with Crippen LogP contribution >= 0.6 is 0 Å². The number of hydrogen-bond donors (Lipinski definition) is 2. The summed E-state index contributed by atoms with van der Waals surface area (Å²) in [4.78, 5) is 35.4. The minimum Gasteiger partial charge on any atom is -0.376 e. The van der Waals surface area contributed by atoms with Crippen molar-refractivity contribution in [1.82, 2.24) is 0 Å². The van der Waals surface area contributed by atoms with Crippen LogP contribution in [0.15, 0.2) is 36.4 Å². The number of amides is 2. The summed E-state index contributed by atoms with van der Waals surface area (Å²) in [6.45, 7) is 7.71. The van der Waals surface area contributed by atoms with E-state index in [2.05, 4.69) is 38.2 Å². The van der Waals surface area contributed by atoms with Crippen molar-refractivity contribution in [3.8, 4) is 0 Å². The van der Waals surface area contributed by atoms with Gasteiger partial charge in [0.05, 0.1) is 19.3 Å². The lowest BCUT2D eigenvalue weighted by Crippen LogP contribution is -2.44. The Kier molecular flexibility index (Phi) is 8.27. The Bertz CT molecular complexity index is 1020. The van der Waals surface area contributed by atoms with Crippen LogP contribution < -0.4 is 11.1 Å². The van der Waals surface area contributed by atoms with E-state index in [-0.39, 0.29) is 42.3 Å². The van der Waals surface area contributed by atoms with E-state index in [1.54, 1.807) is 0 Å². The first-order valence-electron chi connectivity index (χ1n) is 14.5. The molecular formula is C31H44N2O5. The number of carbonyl (C=O) groups is 2. The summed E-state index contributed by atoms with van der Waals surface area (Å²) < 4.78 is 6.30. The van der Waals surface area contributed by atoms with Crippen molar-refractivity contribution in [2.45, 2.75) is 84.5 Å². The third-order valence-corrected chi connectivity index (χ3v) is 10.1. The van der Waals surface area contributed by atoms with Crippen LogP contribution in [-0.4, -0.2) is 30.6 Å². The zero-order valence-electron chi connectivity index (χ0n) is 23.1. The maximum absolute atomic E-state index is 12.0. The van der Waals surface area contributed by atoms with Crippen molar-refractivity contribution in [2.75, 3.05) is 11.9 Å². The fourth-order valence-electron chi connectivity index (χ4n) is 7.68. The van der Waals surface area contributed by atoms with Crippen molar-refractivity contribution in [1.29, 1.82) is 0 Å². The minimum atomic E-state index is -0.387. The third kappa shape index (κ3) is 5.70. The second-order valence-electron chi connectivity index (χ2n) is 12.5. The first-order chi connectivity index (χ1) is 18.2. The summed E-state index contributed by atoms with van der Waals surface area (Å²) in [5, 5.41) is 2.86. The van der Waals surface area contributed by atoms with Crippen LogP contribution in [0.3, 0.4) is 0 Å². The normalized spacial score (nSPS) is 35.6. The van der Waals surface area contributed by atoms with Crippen molar-refractivity contribution in [3.63, 3.8) is 0 Å². The van der Waals surface area contributed by atoms with Gasteiger partial charge < -0.3 is 15.8 Å². The van der Waals surface area contributed by atoms with Gasteiger partial charge in [0.25, 0.3) is 0 Å². The molecule has 0 aromatic heterocycles. The molecule has 0 heterocycles. The molecule has 7 heteroatoms. The van der Waals surface area contributed by atoms with E-state index in [1.807, 2.05) is 24.3 Å². The molecule has 4 fully saturated rings. The minimum absolute atomic E-state index is 0.109. The zero-order chi connectivity index (χ0) is 26.9. The summed E-state index contributed by atoms with van der Waals surface area (Å²) in [5.74, 6) is 3.47. The molecule has 1 aromatic carbocycles. The Labute approximate surface area is 226 Å². The molecule has 4 bridgehead atoms. The van der Waals surface area contributed by atoms with E-state index < -0.39 is 0 Å². The van der Waals surface area contributed by atoms with Crippen molar-refractivity contribution in [2.24, 2.45) is 46.7 Å². The number of ether oxygens (including phenoxy) is 1. The smallest absolute Gasteiger partial charge is 0.224 e. The Morgan fingerprint density at radius 2 is 1.84 bits per heavy atom. The molecule has 38 heavy (non-hydrogen) atoms. The fourth-order valence-corrected chi connectivity index (χ4v) is 7.68. The second-order valence-corrected chi connectivity index (χ2v) is 12.5. The highest BCUT2D eigenvalue weighted by molar-refractivity contribution is 5.90. The molecule has 5 aliphatic carbocycles. The van der Waals surface area contributed by atoms with E-state index in [1.165, 1.54) is 25.7 Å². The number of carbonyl (C=O) groups excluding carboxylic acids is 2. The Hall–Kier alpha value is -2.22. The van der Waals surface area contributed by atoms with Gasteiger partial charge in [-0.3, -0.25) is 9.59 Å².